The molecule has 64 valence electrons. The van der Waals surface area contributed by atoms with E-state index in [4.69, 9.17) is 26.8 Å². The molecule has 12 heavy (non-hydrogen) atoms. The molecule has 0 saturated carbocycles. The molecule has 0 bridgehead atoms. The third-order valence-corrected chi connectivity index (χ3v) is 2.70. The summed E-state index contributed by atoms with van der Waals surface area (Å²) in [5.74, 6) is 1.25. The molecule has 1 aromatic carbocycles. The van der Waals surface area contributed by atoms with Gasteiger partial charge in [-0.3, -0.25) is 0 Å². The maximum absolute atomic E-state index is 5.83. The summed E-state index contributed by atoms with van der Waals surface area (Å²) in [6.45, 7) is 0.218. The van der Waals surface area contributed by atoms with Crippen molar-refractivity contribution in [2.45, 2.75) is 0 Å². The first-order valence-corrected chi connectivity index (χ1v) is 4.69. The van der Waals surface area contributed by atoms with Crippen LogP contribution in [0.5, 0.6) is 11.5 Å². The van der Waals surface area contributed by atoms with Crippen molar-refractivity contribution in [2.75, 3.05) is 12.5 Å². The standard InChI is InChI=1S/C7H5ClINO2/c8-3-1-4(9)6-7(5(3)10)12-2-11-6/h1H,2,10H2. The topological polar surface area (TPSA) is 44.5 Å². The van der Waals surface area contributed by atoms with E-state index in [2.05, 4.69) is 22.6 Å². The Hall–Kier alpha value is -0.360. The Balaban J connectivity index is 2.69. The molecular weight excluding hydrogens is 292 g/mol. The Bertz CT molecular complexity index is 343. The van der Waals surface area contributed by atoms with Crippen LogP contribution in [0.3, 0.4) is 0 Å². The highest BCUT2D eigenvalue weighted by atomic mass is 127. The first kappa shape index (κ1) is 8.25. The van der Waals surface area contributed by atoms with Crippen LogP contribution in [-0.4, -0.2) is 6.79 Å². The molecule has 0 saturated heterocycles. The lowest BCUT2D eigenvalue weighted by Crippen LogP contribution is -1.94. The van der Waals surface area contributed by atoms with Crippen molar-refractivity contribution in [1.29, 1.82) is 0 Å². The van der Waals surface area contributed by atoms with Gasteiger partial charge in [-0.05, 0) is 28.7 Å². The lowest BCUT2D eigenvalue weighted by molar-refractivity contribution is 0.174. The molecule has 2 rings (SSSR count). The Morgan fingerprint density at radius 1 is 1.42 bits per heavy atom. The molecular formula is C7H5ClINO2. The van der Waals surface area contributed by atoms with Gasteiger partial charge in [0, 0.05) is 0 Å². The summed E-state index contributed by atoms with van der Waals surface area (Å²) in [6.07, 6.45) is 0. The number of hydrogen-bond acceptors (Lipinski definition) is 3. The van der Waals surface area contributed by atoms with Crippen LogP contribution >= 0.6 is 34.2 Å². The smallest absolute Gasteiger partial charge is 0.231 e. The first-order valence-electron chi connectivity index (χ1n) is 3.23. The molecule has 0 unspecified atom stereocenters. The molecule has 0 fully saturated rings. The summed E-state index contributed by atoms with van der Waals surface area (Å²) in [4.78, 5) is 0. The van der Waals surface area contributed by atoms with Crippen LogP contribution in [0.2, 0.25) is 5.02 Å². The van der Waals surface area contributed by atoms with E-state index in [-0.39, 0.29) is 6.79 Å². The van der Waals surface area contributed by atoms with Gasteiger partial charge in [-0.25, -0.2) is 0 Å². The van der Waals surface area contributed by atoms with E-state index in [9.17, 15) is 0 Å². The number of rotatable bonds is 0. The Morgan fingerprint density at radius 3 is 2.83 bits per heavy atom. The van der Waals surface area contributed by atoms with Gasteiger partial charge in [0.25, 0.3) is 0 Å². The third kappa shape index (κ3) is 1.09. The largest absolute Gasteiger partial charge is 0.452 e. The molecule has 0 aromatic heterocycles. The van der Waals surface area contributed by atoms with Crippen molar-refractivity contribution in [3.8, 4) is 11.5 Å². The van der Waals surface area contributed by atoms with Gasteiger partial charge in [0.05, 0.1) is 14.3 Å². The van der Waals surface area contributed by atoms with Gasteiger partial charge in [0.1, 0.15) is 0 Å². The van der Waals surface area contributed by atoms with Crippen LogP contribution in [0.1, 0.15) is 0 Å². The predicted molar refractivity (Wildman–Crippen MR) is 54.7 cm³/mol. The number of nitrogen functional groups attached to an aromatic ring is 1. The molecule has 1 aliphatic heterocycles. The summed E-state index contributed by atoms with van der Waals surface area (Å²) < 4.78 is 11.3. The van der Waals surface area contributed by atoms with Crippen LogP contribution in [0, 0.1) is 3.57 Å². The van der Waals surface area contributed by atoms with Gasteiger partial charge in [-0.2, -0.15) is 0 Å². The molecule has 0 aliphatic carbocycles. The lowest BCUT2D eigenvalue weighted by atomic mass is 10.3. The Kier molecular flexibility index (Phi) is 1.96. The van der Waals surface area contributed by atoms with Crippen molar-refractivity contribution in [2.24, 2.45) is 0 Å². The molecule has 5 heteroatoms. The number of fused-ring (bicyclic) bond motifs is 1. The Labute approximate surface area is 87.9 Å². The Morgan fingerprint density at radius 2 is 2.08 bits per heavy atom. The molecule has 1 aromatic rings. The summed E-state index contributed by atoms with van der Waals surface area (Å²) in [5, 5.41) is 0.503. The molecule has 2 N–H and O–H groups in total. The maximum Gasteiger partial charge on any atom is 0.231 e. The zero-order valence-corrected chi connectivity index (χ0v) is 8.85. The second-order valence-corrected chi connectivity index (χ2v) is 3.89. The van der Waals surface area contributed by atoms with E-state index in [0.29, 0.717) is 22.2 Å². The van der Waals surface area contributed by atoms with Crippen LogP contribution < -0.4 is 15.2 Å². The highest BCUT2D eigenvalue weighted by Gasteiger charge is 2.21. The van der Waals surface area contributed by atoms with Gasteiger partial charge in [-0.15, -0.1) is 0 Å². The van der Waals surface area contributed by atoms with E-state index < -0.39 is 0 Å². The molecule has 1 heterocycles. The van der Waals surface area contributed by atoms with Crippen molar-refractivity contribution >= 4 is 39.9 Å². The van der Waals surface area contributed by atoms with Crippen LogP contribution in [0.25, 0.3) is 0 Å². The van der Waals surface area contributed by atoms with E-state index in [1.807, 2.05) is 0 Å². The number of benzene rings is 1. The fraction of sp³-hybridized carbons (Fsp3) is 0.143. The van der Waals surface area contributed by atoms with E-state index in [1.165, 1.54) is 0 Å². The summed E-state index contributed by atoms with van der Waals surface area (Å²) in [6, 6.07) is 1.75. The number of halogens is 2. The molecule has 0 amide bonds. The molecule has 1 aliphatic rings. The average molecular weight is 297 g/mol. The number of anilines is 1. The van der Waals surface area contributed by atoms with Gasteiger partial charge >= 0.3 is 0 Å². The van der Waals surface area contributed by atoms with Crippen LogP contribution in [0.4, 0.5) is 5.69 Å². The minimum atomic E-state index is 0.218. The van der Waals surface area contributed by atoms with E-state index >= 15 is 0 Å². The third-order valence-electron chi connectivity index (χ3n) is 1.59. The van der Waals surface area contributed by atoms with Gasteiger partial charge < -0.3 is 15.2 Å². The number of nitrogens with two attached hydrogens (primary N) is 1. The second kappa shape index (κ2) is 2.85. The van der Waals surface area contributed by atoms with Crippen LogP contribution in [-0.2, 0) is 0 Å². The normalized spacial score (nSPS) is 13.5. The van der Waals surface area contributed by atoms with E-state index in [0.717, 1.165) is 3.57 Å². The minimum Gasteiger partial charge on any atom is -0.452 e. The van der Waals surface area contributed by atoms with E-state index in [1.54, 1.807) is 6.07 Å². The fourth-order valence-electron chi connectivity index (χ4n) is 1.02. The monoisotopic (exact) mass is 297 g/mol. The number of hydrogen-bond donors (Lipinski definition) is 1. The van der Waals surface area contributed by atoms with Crippen molar-refractivity contribution in [3.05, 3.63) is 14.7 Å². The fourth-order valence-corrected chi connectivity index (χ4v) is 2.11. The molecule has 3 nitrogen and oxygen atoms in total. The van der Waals surface area contributed by atoms with Gasteiger partial charge in [0.2, 0.25) is 6.79 Å². The minimum absolute atomic E-state index is 0.218. The average Bonchev–Trinajstić information content (AvgIpc) is 2.48. The maximum atomic E-state index is 5.83. The highest BCUT2D eigenvalue weighted by molar-refractivity contribution is 14.1. The van der Waals surface area contributed by atoms with Gasteiger partial charge in [-0.1, -0.05) is 11.6 Å². The second-order valence-electron chi connectivity index (χ2n) is 2.32. The molecule has 0 spiro atoms. The van der Waals surface area contributed by atoms with Gasteiger partial charge in [0.15, 0.2) is 11.5 Å². The van der Waals surface area contributed by atoms with Crippen molar-refractivity contribution in [1.82, 2.24) is 0 Å². The number of ether oxygens (including phenoxy) is 2. The molecule has 0 radical (unpaired) electrons. The SMILES string of the molecule is Nc1c(Cl)cc(I)c2c1OCO2. The quantitative estimate of drug-likeness (QED) is 0.590. The predicted octanol–water partition coefficient (Wildman–Crippen LogP) is 2.26. The first-order chi connectivity index (χ1) is 5.70. The summed E-state index contributed by atoms with van der Waals surface area (Å²) in [7, 11) is 0. The summed E-state index contributed by atoms with van der Waals surface area (Å²) in [5.41, 5.74) is 6.11. The van der Waals surface area contributed by atoms with Crippen molar-refractivity contribution in [3.63, 3.8) is 0 Å². The highest BCUT2D eigenvalue weighted by Crippen LogP contribution is 2.44. The van der Waals surface area contributed by atoms with Crippen LogP contribution in [0.15, 0.2) is 6.07 Å². The summed E-state index contributed by atoms with van der Waals surface area (Å²) >= 11 is 7.96. The molecule has 0 atom stereocenters. The zero-order chi connectivity index (χ0) is 8.72. The van der Waals surface area contributed by atoms with Crippen molar-refractivity contribution < 1.29 is 9.47 Å². The zero-order valence-electron chi connectivity index (χ0n) is 5.93. The lowest BCUT2D eigenvalue weighted by Gasteiger charge is -2.03.